The molecule has 3 rings (SSSR count). The summed E-state index contributed by atoms with van der Waals surface area (Å²) in [5, 5.41) is 3.00. The van der Waals surface area contributed by atoms with E-state index in [1.54, 1.807) is 18.6 Å². The second-order valence-electron chi connectivity index (χ2n) is 5.68. The van der Waals surface area contributed by atoms with Gasteiger partial charge in [-0.3, -0.25) is 14.2 Å². The summed E-state index contributed by atoms with van der Waals surface area (Å²) >= 11 is 0. The minimum atomic E-state index is 0.0175. The third kappa shape index (κ3) is 3.21. The van der Waals surface area contributed by atoms with Gasteiger partial charge in [0.15, 0.2) is 5.65 Å². The summed E-state index contributed by atoms with van der Waals surface area (Å²) in [7, 11) is 0. The first kappa shape index (κ1) is 14.0. The number of hydrogen-bond donors (Lipinski definition) is 1. The van der Waals surface area contributed by atoms with Crippen LogP contribution in [0.2, 0.25) is 0 Å². The normalized spacial score (nSPS) is 17.2. The van der Waals surface area contributed by atoms with E-state index in [-0.39, 0.29) is 11.8 Å². The Morgan fingerprint density at radius 1 is 1.38 bits per heavy atom. The molecule has 112 valence electrons. The highest BCUT2D eigenvalue weighted by Crippen LogP contribution is 2.10. The van der Waals surface area contributed by atoms with Gasteiger partial charge in [-0.2, -0.15) is 0 Å². The second kappa shape index (κ2) is 6.22. The van der Waals surface area contributed by atoms with E-state index in [0.29, 0.717) is 6.54 Å². The summed E-state index contributed by atoms with van der Waals surface area (Å²) < 4.78 is 1.94. The number of aromatic nitrogens is 3. The average molecular weight is 287 g/mol. The maximum absolute atomic E-state index is 12.2. The van der Waals surface area contributed by atoms with E-state index in [1.165, 1.54) is 12.8 Å². The summed E-state index contributed by atoms with van der Waals surface area (Å²) in [6.07, 6.45) is 9.58. The molecule has 0 radical (unpaired) electrons. The topological polar surface area (TPSA) is 62.5 Å². The van der Waals surface area contributed by atoms with Crippen LogP contribution in [0.15, 0.2) is 24.8 Å². The number of amides is 1. The maximum Gasteiger partial charge on any atom is 0.224 e. The van der Waals surface area contributed by atoms with Gasteiger partial charge in [-0.1, -0.05) is 6.92 Å². The number of imidazole rings is 1. The van der Waals surface area contributed by atoms with Crippen molar-refractivity contribution in [3.05, 3.63) is 30.5 Å². The molecule has 0 spiro atoms. The number of carbonyl (C=O) groups excluding carboxylic acids is 1. The Morgan fingerprint density at radius 2 is 2.19 bits per heavy atom. The fourth-order valence-electron chi connectivity index (χ4n) is 2.81. The van der Waals surface area contributed by atoms with Crippen molar-refractivity contribution in [3.8, 4) is 0 Å². The van der Waals surface area contributed by atoms with E-state index >= 15 is 0 Å². The van der Waals surface area contributed by atoms with Crippen molar-refractivity contribution >= 4 is 11.6 Å². The van der Waals surface area contributed by atoms with Crippen molar-refractivity contribution in [1.82, 2.24) is 24.6 Å². The third-order valence-electron chi connectivity index (χ3n) is 4.02. The molecule has 0 aromatic carbocycles. The minimum absolute atomic E-state index is 0.0175. The molecule has 1 aliphatic heterocycles. The SMILES string of the molecule is C[C@@H](CN1CCCC1)C(=O)NCc1cnc2cnccn12. The van der Waals surface area contributed by atoms with Crippen LogP contribution >= 0.6 is 0 Å². The Bertz CT molecular complexity index is 617. The zero-order chi connectivity index (χ0) is 14.7. The molecule has 2 aromatic heterocycles. The largest absolute Gasteiger partial charge is 0.350 e. The van der Waals surface area contributed by atoms with Crippen LogP contribution in [-0.2, 0) is 11.3 Å². The molecule has 0 unspecified atom stereocenters. The van der Waals surface area contributed by atoms with Gasteiger partial charge in [-0.15, -0.1) is 0 Å². The van der Waals surface area contributed by atoms with E-state index in [2.05, 4.69) is 20.2 Å². The second-order valence-corrected chi connectivity index (χ2v) is 5.68. The van der Waals surface area contributed by atoms with E-state index in [0.717, 1.165) is 31.0 Å². The van der Waals surface area contributed by atoms with Crippen molar-refractivity contribution in [2.24, 2.45) is 5.92 Å². The Hall–Kier alpha value is -1.95. The van der Waals surface area contributed by atoms with Crippen LogP contribution in [-0.4, -0.2) is 44.8 Å². The molecule has 1 saturated heterocycles. The van der Waals surface area contributed by atoms with Gasteiger partial charge in [0.2, 0.25) is 5.91 Å². The summed E-state index contributed by atoms with van der Waals surface area (Å²) in [6.45, 7) is 5.58. The maximum atomic E-state index is 12.2. The first-order valence-electron chi connectivity index (χ1n) is 7.50. The van der Waals surface area contributed by atoms with Crippen LogP contribution in [0.5, 0.6) is 0 Å². The zero-order valence-corrected chi connectivity index (χ0v) is 12.3. The summed E-state index contributed by atoms with van der Waals surface area (Å²) in [5.74, 6) is 0.120. The lowest BCUT2D eigenvalue weighted by Crippen LogP contribution is -2.36. The van der Waals surface area contributed by atoms with Gasteiger partial charge in [-0.25, -0.2) is 4.98 Å². The van der Waals surface area contributed by atoms with Gasteiger partial charge < -0.3 is 10.2 Å². The monoisotopic (exact) mass is 287 g/mol. The summed E-state index contributed by atoms with van der Waals surface area (Å²) in [5.41, 5.74) is 1.76. The van der Waals surface area contributed by atoms with Crippen LogP contribution in [0.25, 0.3) is 5.65 Å². The molecule has 1 atom stereocenters. The molecule has 0 bridgehead atoms. The predicted octanol–water partition coefficient (Wildman–Crippen LogP) is 1.08. The molecule has 21 heavy (non-hydrogen) atoms. The number of hydrogen-bond acceptors (Lipinski definition) is 4. The molecule has 0 saturated carbocycles. The lowest BCUT2D eigenvalue weighted by atomic mass is 10.1. The van der Waals surface area contributed by atoms with Crippen molar-refractivity contribution in [1.29, 1.82) is 0 Å². The highest BCUT2D eigenvalue weighted by Gasteiger charge is 2.19. The quantitative estimate of drug-likeness (QED) is 0.894. The molecule has 1 N–H and O–H groups in total. The van der Waals surface area contributed by atoms with Crippen molar-refractivity contribution in [2.45, 2.75) is 26.3 Å². The van der Waals surface area contributed by atoms with Crippen molar-refractivity contribution < 1.29 is 4.79 Å². The van der Waals surface area contributed by atoms with Crippen LogP contribution in [0.1, 0.15) is 25.5 Å². The molecule has 6 heteroatoms. The smallest absolute Gasteiger partial charge is 0.224 e. The molecule has 1 fully saturated rings. The van der Waals surface area contributed by atoms with E-state index in [4.69, 9.17) is 0 Å². The molecule has 1 amide bonds. The highest BCUT2D eigenvalue weighted by molar-refractivity contribution is 5.78. The molecule has 1 aliphatic rings. The van der Waals surface area contributed by atoms with Crippen molar-refractivity contribution in [2.75, 3.05) is 19.6 Å². The Morgan fingerprint density at radius 3 is 3.00 bits per heavy atom. The van der Waals surface area contributed by atoms with Crippen LogP contribution in [0, 0.1) is 5.92 Å². The third-order valence-corrected chi connectivity index (χ3v) is 4.02. The number of rotatable bonds is 5. The van der Waals surface area contributed by atoms with Gasteiger partial charge in [0, 0.05) is 24.9 Å². The number of carbonyl (C=O) groups is 1. The lowest BCUT2D eigenvalue weighted by molar-refractivity contribution is -0.125. The first-order chi connectivity index (χ1) is 10.2. The van der Waals surface area contributed by atoms with E-state index in [1.807, 2.05) is 17.5 Å². The Kier molecular flexibility index (Phi) is 4.15. The standard InChI is InChI=1S/C15H21N5O/c1-12(11-19-5-2-3-6-19)15(21)18-9-13-8-17-14-10-16-4-7-20(13)14/h4,7-8,10,12H,2-3,5-6,9,11H2,1H3,(H,18,21)/t12-/m0/s1. The lowest BCUT2D eigenvalue weighted by Gasteiger charge is -2.19. The van der Waals surface area contributed by atoms with Crippen LogP contribution < -0.4 is 5.32 Å². The van der Waals surface area contributed by atoms with Gasteiger partial charge in [-0.05, 0) is 25.9 Å². The average Bonchev–Trinajstić information content (AvgIpc) is 3.14. The Labute approximate surface area is 124 Å². The molecular formula is C15H21N5O. The zero-order valence-electron chi connectivity index (χ0n) is 12.3. The fourth-order valence-corrected chi connectivity index (χ4v) is 2.81. The molecule has 3 heterocycles. The van der Waals surface area contributed by atoms with Gasteiger partial charge in [0.25, 0.3) is 0 Å². The van der Waals surface area contributed by atoms with Crippen LogP contribution in [0.4, 0.5) is 0 Å². The van der Waals surface area contributed by atoms with Gasteiger partial charge in [0.1, 0.15) is 0 Å². The number of nitrogens with zero attached hydrogens (tertiary/aromatic N) is 4. The van der Waals surface area contributed by atoms with Crippen LogP contribution in [0.3, 0.4) is 0 Å². The minimum Gasteiger partial charge on any atom is -0.350 e. The van der Waals surface area contributed by atoms with Crippen molar-refractivity contribution in [3.63, 3.8) is 0 Å². The van der Waals surface area contributed by atoms with E-state index in [9.17, 15) is 4.79 Å². The highest BCUT2D eigenvalue weighted by atomic mass is 16.1. The molecule has 6 nitrogen and oxygen atoms in total. The number of nitrogens with one attached hydrogen (secondary N) is 1. The fraction of sp³-hybridized carbons (Fsp3) is 0.533. The summed E-state index contributed by atoms with van der Waals surface area (Å²) in [6, 6.07) is 0. The van der Waals surface area contributed by atoms with Gasteiger partial charge >= 0.3 is 0 Å². The first-order valence-corrected chi connectivity index (χ1v) is 7.50. The number of fused-ring (bicyclic) bond motifs is 1. The predicted molar refractivity (Wildman–Crippen MR) is 79.7 cm³/mol. The molecular weight excluding hydrogens is 266 g/mol. The van der Waals surface area contributed by atoms with E-state index < -0.39 is 0 Å². The van der Waals surface area contributed by atoms with Gasteiger partial charge in [0.05, 0.1) is 24.6 Å². The molecule has 0 aliphatic carbocycles. The summed E-state index contributed by atoms with van der Waals surface area (Å²) in [4.78, 5) is 22.8. The Balaban J connectivity index is 1.55. The molecule has 2 aromatic rings. The number of likely N-dealkylation sites (tertiary alicyclic amines) is 1.